The lowest BCUT2D eigenvalue weighted by atomic mass is 10.1. The van der Waals surface area contributed by atoms with Crippen molar-refractivity contribution < 1.29 is 28.0 Å². The molecule has 0 radical (unpaired) electrons. The average Bonchev–Trinajstić information content (AvgIpc) is 3.40. The van der Waals surface area contributed by atoms with Crippen molar-refractivity contribution in [1.29, 1.82) is 0 Å². The molecule has 13 heteroatoms. The Morgan fingerprint density at radius 3 is 2.10 bits per heavy atom. The van der Waals surface area contributed by atoms with Gasteiger partial charge in [-0.05, 0) is 53.1 Å². The molecule has 48 heavy (non-hydrogen) atoms. The summed E-state index contributed by atoms with van der Waals surface area (Å²) in [5, 5.41) is 2.08. The third-order valence-corrected chi connectivity index (χ3v) is 11.1. The molecule has 2 aliphatic rings. The van der Waals surface area contributed by atoms with Crippen molar-refractivity contribution in [3.8, 4) is 0 Å². The zero-order valence-electron chi connectivity index (χ0n) is 26.9. The van der Waals surface area contributed by atoms with Crippen molar-refractivity contribution >= 4 is 54.5 Å². The molecule has 0 bridgehead atoms. The zero-order chi connectivity index (χ0) is 34.1. The smallest absolute Gasteiger partial charge is 0.405 e. The first-order chi connectivity index (χ1) is 23.1. The number of nitrogens with two attached hydrogens (primary N) is 1. The first-order valence-electron chi connectivity index (χ1n) is 15.7. The molecule has 3 N–H and O–H groups in total. The van der Waals surface area contributed by atoms with Crippen LogP contribution >= 0.6 is 42.6 Å². The number of carbonyl (C=O) groups excluding carboxylic acids is 1. The van der Waals surface area contributed by atoms with Gasteiger partial charge in [-0.1, -0.05) is 104 Å². The summed E-state index contributed by atoms with van der Waals surface area (Å²) in [5.74, 6) is 0.782. The van der Waals surface area contributed by atoms with Crippen molar-refractivity contribution in [2.75, 3.05) is 32.5 Å². The number of hydrogen-bond acceptors (Lipinski definition) is 8. The molecule has 3 aromatic carbocycles. The molecule has 0 saturated heterocycles. The predicted octanol–water partition coefficient (Wildman–Crippen LogP) is 7.52. The van der Waals surface area contributed by atoms with Gasteiger partial charge in [0.15, 0.2) is 11.6 Å². The Labute approximate surface area is 296 Å². The van der Waals surface area contributed by atoms with Gasteiger partial charge < -0.3 is 19.5 Å². The summed E-state index contributed by atoms with van der Waals surface area (Å²) in [6, 6.07) is 24.8. The molecule has 1 unspecified atom stereocenters. The number of halogens is 2. The van der Waals surface area contributed by atoms with Crippen molar-refractivity contribution in [3.05, 3.63) is 122 Å². The molecule has 0 aromatic heterocycles. The molecule has 9 nitrogen and oxygen atoms in total. The van der Waals surface area contributed by atoms with Crippen LogP contribution in [-0.2, 0) is 31.6 Å². The van der Waals surface area contributed by atoms with E-state index in [4.69, 9.17) is 47.7 Å². The van der Waals surface area contributed by atoms with Crippen molar-refractivity contribution in [2.45, 2.75) is 38.4 Å². The van der Waals surface area contributed by atoms with Crippen LogP contribution in [0.15, 0.2) is 111 Å². The van der Waals surface area contributed by atoms with E-state index in [1.54, 1.807) is 17.8 Å². The van der Waals surface area contributed by atoms with Crippen LogP contribution in [0, 0.1) is 5.92 Å². The number of aliphatic imine (C=N–C) groups is 1. The second-order valence-electron chi connectivity index (χ2n) is 11.9. The van der Waals surface area contributed by atoms with Crippen LogP contribution in [0.25, 0.3) is 0 Å². The highest BCUT2D eigenvalue weighted by molar-refractivity contribution is 8.02. The predicted molar refractivity (Wildman–Crippen MR) is 192 cm³/mol. The number of hydrogen-bond donors (Lipinski definition) is 2. The highest BCUT2D eigenvalue weighted by Gasteiger charge is 2.37. The lowest BCUT2D eigenvalue weighted by Gasteiger charge is -2.30. The Morgan fingerprint density at radius 1 is 0.979 bits per heavy atom. The standard InChI is InChI=1S/C35H39Cl2N4O5PS/c1-25(2)33-34(48-31-18-29(36)17-30(37)19-31)41(32(39-33)23-44-35(38)42)20-26-13-15-40(16-14-26)24-47(43,45-21-27-9-5-3-6-10-27)46-22-28-11-7-4-8-12-28/h3-13,17-19,25H,14-16,20-24H2,1-2H3,(H2,38,42)/p+1. The van der Waals surface area contributed by atoms with Crippen molar-refractivity contribution in [3.63, 3.8) is 0 Å². The number of rotatable bonds is 15. The quantitative estimate of drug-likeness (QED) is 0.123. The molecular weight excluding hydrogens is 690 g/mol. The highest BCUT2D eigenvalue weighted by Crippen LogP contribution is 2.50. The van der Waals surface area contributed by atoms with E-state index in [1.807, 2.05) is 72.8 Å². The number of nitrogens with zero attached hydrogens (tertiary/aromatic N) is 2. The van der Waals surface area contributed by atoms with Gasteiger partial charge in [-0.3, -0.25) is 9.46 Å². The van der Waals surface area contributed by atoms with Crippen LogP contribution in [0.1, 0.15) is 31.4 Å². The molecule has 5 rings (SSSR count). The second-order valence-corrected chi connectivity index (χ2v) is 15.8. The summed E-state index contributed by atoms with van der Waals surface area (Å²) in [4.78, 5) is 20.4. The maximum atomic E-state index is 14.1. The molecule has 254 valence electrons. The average molecular weight is 731 g/mol. The number of thioether (sulfide) groups is 1. The molecule has 2 aliphatic heterocycles. The number of amides is 1. The fraction of sp³-hybridized carbons (Fsp3) is 0.314. The fourth-order valence-corrected chi connectivity index (χ4v) is 8.97. The third kappa shape index (κ3) is 10.5. The van der Waals surface area contributed by atoms with E-state index >= 15 is 0 Å². The van der Waals surface area contributed by atoms with E-state index in [2.05, 4.69) is 24.8 Å². The van der Waals surface area contributed by atoms with Gasteiger partial charge in [-0.2, -0.15) is 4.99 Å². The summed E-state index contributed by atoms with van der Waals surface area (Å²) in [6.07, 6.45) is 2.21. The molecule has 1 amide bonds. The van der Waals surface area contributed by atoms with Gasteiger partial charge in [-0.25, -0.2) is 9.69 Å². The van der Waals surface area contributed by atoms with E-state index in [0.717, 1.165) is 38.1 Å². The lowest BCUT2D eigenvalue weighted by molar-refractivity contribution is -0.746. The molecule has 0 saturated carbocycles. The normalized spacial score (nSPS) is 17.1. The minimum Gasteiger partial charge on any atom is -0.437 e. The van der Waals surface area contributed by atoms with Crippen molar-refractivity contribution in [1.82, 2.24) is 4.90 Å². The van der Waals surface area contributed by atoms with Crippen molar-refractivity contribution in [2.24, 2.45) is 16.6 Å². The Balaban J connectivity index is 1.31. The lowest BCUT2D eigenvalue weighted by Crippen LogP contribution is -3.12. The van der Waals surface area contributed by atoms with E-state index in [1.165, 1.54) is 5.57 Å². The molecule has 0 aliphatic carbocycles. The minimum absolute atomic E-state index is 0.0264. The number of allylic oxidation sites excluding steroid dienone is 1. The van der Waals surface area contributed by atoms with E-state index in [-0.39, 0.29) is 32.0 Å². The number of carbonyl (C=O) groups is 1. The molecule has 0 fully saturated rings. The highest BCUT2D eigenvalue weighted by atomic mass is 35.5. The Hall–Kier alpha value is -2.92. The fourth-order valence-electron chi connectivity index (χ4n) is 5.33. The van der Waals surface area contributed by atoms with Gasteiger partial charge in [-0.15, -0.1) is 0 Å². The summed E-state index contributed by atoms with van der Waals surface area (Å²) in [6.45, 7) is 6.37. The monoisotopic (exact) mass is 729 g/mol. The van der Waals surface area contributed by atoms with Gasteiger partial charge in [0.1, 0.15) is 18.5 Å². The SMILES string of the molecule is CC(C)C1=C(Sc2cc(Cl)cc(Cl)c2)[NH+](CC2=CCN(CP(=O)(OCc3ccccc3)OCc3ccccc3)CC2)C(COC(N)=O)=N1. The molecular formula is C35H40Cl2N4O5PS+. The summed E-state index contributed by atoms with van der Waals surface area (Å²) in [5.41, 5.74) is 9.28. The first-order valence-corrected chi connectivity index (χ1v) is 19.0. The number of amidine groups is 1. The Bertz CT molecular complexity index is 1650. The van der Waals surface area contributed by atoms with E-state index < -0.39 is 13.7 Å². The Morgan fingerprint density at radius 2 is 1.58 bits per heavy atom. The maximum absolute atomic E-state index is 14.1. The minimum atomic E-state index is -3.49. The summed E-state index contributed by atoms with van der Waals surface area (Å²) >= 11 is 14.2. The molecule has 0 spiro atoms. The number of nitrogens with one attached hydrogen (secondary N) is 1. The van der Waals surface area contributed by atoms with Crippen LogP contribution in [0.2, 0.25) is 10.0 Å². The zero-order valence-corrected chi connectivity index (χ0v) is 30.2. The van der Waals surface area contributed by atoms with E-state index in [0.29, 0.717) is 35.5 Å². The van der Waals surface area contributed by atoms with Gasteiger partial charge in [0, 0.05) is 33.9 Å². The molecule has 2 heterocycles. The third-order valence-electron chi connectivity index (χ3n) is 7.77. The topological polar surface area (TPSA) is 108 Å². The number of ether oxygens (including phenoxy) is 1. The number of quaternary nitrogens is 1. The van der Waals surface area contributed by atoms with Crippen LogP contribution in [0.3, 0.4) is 0 Å². The number of benzene rings is 3. The van der Waals surface area contributed by atoms with Gasteiger partial charge in [0.25, 0.3) is 0 Å². The van der Waals surface area contributed by atoms with E-state index in [9.17, 15) is 9.36 Å². The number of primary amides is 1. The van der Waals surface area contributed by atoms with Gasteiger partial charge >= 0.3 is 13.7 Å². The maximum Gasteiger partial charge on any atom is 0.405 e. The van der Waals surface area contributed by atoms with Gasteiger partial charge in [0.2, 0.25) is 5.84 Å². The van der Waals surface area contributed by atoms with Crippen LogP contribution in [-0.4, -0.2) is 49.4 Å². The molecule has 3 aromatic rings. The van der Waals surface area contributed by atoms with Crippen LogP contribution < -0.4 is 10.6 Å². The summed E-state index contributed by atoms with van der Waals surface area (Å²) < 4.78 is 31.4. The van der Waals surface area contributed by atoms with Crippen LogP contribution in [0.5, 0.6) is 0 Å². The van der Waals surface area contributed by atoms with Crippen LogP contribution in [0.4, 0.5) is 4.79 Å². The van der Waals surface area contributed by atoms with Gasteiger partial charge in [0.05, 0.1) is 13.2 Å². The Kier molecular flexibility index (Phi) is 13.0. The largest absolute Gasteiger partial charge is 0.437 e. The first kappa shape index (κ1) is 36.4. The second kappa shape index (κ2) is 17.1. The summed E-state index contributed by atoms with van der Waals surface area (Å²) in [7, 11) is -3.49. The molecule has 1 atom stereocenters.